The normalized spacial score (nSPS) is 12.4. The predicted molar refractivity (Wildman–Crippen MR) is 84.7 cm³/mol. The van der Waals surface area contributed by atoms with Crippen LogP contribution in [0.4, 0.5) is 5.69 Å². The van der Waals surface area contributed by atoms with Gasteiger partial charge in [-0.2, -0.15) is 0 Å². The van der Waals surface area contributed by atoms with Crippen molar-refractivity contribution in [2.75, 3.05) is 11.9 Å². The van der Waals surface area contributed by atoms with Crippen molar-refractivity contribution in [2.24, 2.45) is 0 Å². The highest BCUT2D eigenvalue weighted by molar-refractivity contribution is 7.14. The molecule has 1 aliphatic carbocycles. The van der Waals surface area contributed by atoms with Crippen LogP contribution in [-0.4, -0.2) is 17.6 Å². The van der Waals surface area contributed by atoms with Gasteiger partial charge in [0.1, 0.15) is 6.61 Å². The first kappa shape index (κ1) is 13.9. The summed E-state index contributed by atoms with van der Waals surface area (Å²) in [5.74, 6) is 5.36. The highest BCUT2D eigenvalue weighted by Crippen LogP contribution is 2.30. The molecule has 0 aliphatic heterocycles. The molecule has 0 saturated heterocycles. The molecule has 0 bridgehead atoms. The summed E-state index contributed by atoms with van der Waals surface area (Å²) < 4.78 is 0. The average molecular weight is 297 g/mol. The van der Waals surface area contributed by atoms with Crippen LogP contribution in [0.15, 0.2) is 30.3 Å². The highest BCUT2D eigenvalue weighted by Gasteiger charge is 2.18. The van der Waals surface area contributed by atoms with Crippen molar-refractivity contribution in [3.63, 3.8) is 0 Å². The lowest BCUT2D eigenvalue weighted by molar-refractivity contribution is 0.103. The van der Waals surface area contributed by atoms with Crippen molar-refractivity contribution in [3.8, 4) is 11.8 Å². The summed E-state index contributed by atoms with van der Waals surface area (Å²) in [6, 6.07) is 9.31. The van der Waals surface area contributed by atoms with E-state index in [0.717, 1.165) is 29.0 Å². The Balaban J connectivity index is 1.69. The van der Waals surface area contributed by atoms with Gasteiger partial charge in [0.2, 0.25) is 0 Å². The second-order valence-corrected chi connectivity index (χ2v) is 6.04. The quantitative estimate of drug-likeness (QED) is 0.837. The summed E-state index contributed by atoms with van der Waals surface area (Å²) in [6.07, 6.45) is 3.41. The average Bonchev–Trinajstić information content (AvgIpc) is 3.07. The molecule has 2 aromatic rings. The lowest BCUT2D eigenvalue weighted by Gasteiger charge is -2.03. The van der Waals surface area contributed by atoms with Gasteiger partial charge in [0, 0.05) is 16.1 Å². The van der Waals surface area contributed by atoms with Crippen LogP contribution in [0.1, 0.15) is 32.1 Å². The third-order valence-electron chi connectivity index (χ3n) is 3.42. The van der Waals surface area contributed by atoms with Crippen LogP contribution in [0.2, 0.25) is 0 Å². The topological polar surface area (TPSA) is 49.3 Å². The van der Waals surface area contributed by atoms with Gasteiger partial charge in [-0.1, -0.05) is 11.8 Å². The number of anilines is 1. The molecule has 4 heteroatoms. The van der Waals surface area contributed by atoms with E-state index in [1.165, 1.54) is 16.9 Å². The molecule has 1 aromatic carbocycles. The summed E-state index contributed by atoms with van der Waals surface area (Å²) >= 11 is 1.60. The Morgan fingerprint density at radius 1 is 1.29 bits per heavy atom. The third kappa shape index (κ3) is 3.15. The second-order valence-electron chi connectivity index (χ2n) is 4.90. The number of hydrogen-bond acceptors (Lipinski definition) is 3. The molecule has 1 aromatic heterocycles. The number of hydrogen-bond donors (Lipinski definition) is 2. The van der Waals surface area contributed by atoms with E-state index in [1.54, 1.807) is 11.3 Å². The second kappa shape index (κ2) is 6.13. The van der Waals surface area contributed by atoms with E-state index in [0.29, 0.717) is 0 Å². The molecule has 0 fully saturated rings. The first-order chi connectivity index (χ1) is 10.3. The molecule has 0 radical (unpaired) electrons. The number of benzene rings is 1. The Kier molecular flexibility index (Phi) is 4.05. The van der Waals surface area contributed by atoms with Crippen molar-refractivity contribution in [1.82, 2.24) is 0 Å². The third-order valence-corrected chi connectivity index (χ3v) is 4.66. The fourth-order valence-electron chi connectivity index (χ4n) is 2.41. The minimum atomic E-state index is -0.151. The number of rotatable bonds is 2. The molecule has 2 N–H and O–H groups in total. The highest BCUT2D eigenvalue weighted by atomic mass is 32.1. The summed E-state index contributed by atoms with van der Waals surface area (Å²) in [5, 5.41) is 11.6. The Morgan fingerprint density at radius 3 is 2.81 bits per heavy atom. The van der Waals surface area contributed by atoms with E-state index in [4.69, 9.17) is 5.11 Å². The van der Waals surface area contributed by atoms with Crippen LogP contribution in [0.3, 0.4) is 0 Å². The lowest BCUT2D eigenvalue weighted by Crippen LogP contribution is -2.10. The minimum Gasteiger partial charge on any atom is -0.384 e. The summed E-state index contributed by atoms with van der Waals surface area (Å²) in [5.41, 5.74) is 2.90. The number of aliphatic hydroxyl groups excluding tert-OH is 1. The number of aliphatic hydroxyl groups is 1. The van der Waals surface area contributed by atoms with E-state index in [-0.39, 0.29) is 12.5 Å². The Morgan fingerprint density at radius 2 is 2.10 bits per heavy atom. The minimum absolute atomic E-state index is 0.0522. The fraction of sp³-hybridized carbons (Fsp3) is 0.235. The van der Waals surface area contributed by atoms with Gasteiger partial charge in [-0.25, -0.2) is 0 Å². The van der Waals surface area contributed by atoms with Crippen molar-refractivity contribution >= 4 is 22.9 Å². The number of thiophene rings is 1. The van der Waals surface area contributed by atoms with Crippen molar-refractivity contribution in [1.29, 1.82) is 0 Å². The van der Waals surface area contributed by atoms with Gasteiger partial charge < -0.3 is 10.4 Å². The van der Waals surface area contributed by atoms with Crippen molar-refractivity contribution < 1.29 is 9.90 Å². The van der Waals surface area contributed by atoms with Crippen LogP contribution < -0.4 is 5.32 Å². The first-order valence-corrected chi connectivity index (χ1v) is 7.70. The van der Waals surface area contributed by atoms with E-state index in [1.807, 2.05) is 30.3 Å². The molecule has 1 heterocycles. The van der Waals surface area contributed by atoms with E-state index >= 15 is 0 Å². The summed E-state index contributed by atoms with van der Waals surface area (Å²) in [7, 11) is 0. The van der Waals surface area contributed by atoms with Gasteiger partial charge in [0.15, 0.2) is 0 Å². The molecule has 0 unspecified atom stereocenters. The largest absolute Gasteiger partial charge is 0.384 e. The van der Waals surface area contributed by atoms with E-state index in [2.05, 4.69) is 17.2 Å². The lowest BCUT2D eigenvalue weighted by atomic mass is 10.2. The van der Waals surface area contributed by atoms with Crippen molar-refractivity contribution in [2.45, 2.75) is 19.3 Å². The smallest absolute Gasteiger partial charge is 0.265 e. The molecular formula is C17H15NO2S. The summed E-state index contributed by atoms with van der Waals surface area (Å²) in [6.45, 7) is -0.151. The molecule has 0 atom stereocenters. The molecule has 3 rings (SSSR count). The standard InChI is InChI=1S/C17H15NO2S/c19-10-2-3-12-6-8-14(9-7-12)18-17(20)16-11-13-4-1-5-15(13)21-16/h6-9,11,19H,1,4-5,10H2,(H,18,20). The van der Waals surface area contributed by atoms with Gasteiger partial charge in [-0.05, 0) is 55.2 Å². The maximum absolute atomic E-state index is 12.2. The Bertz CT molecular complexity index is 698. The Hall–Kier alpha value is -2.09. The van der Waals surface area contributed by atoms with E-state index < -0.39 is 0 Å². The number of carbonyl (C=O) groups is 1. The van der Waals surface area contributed by atoms with Crippen LogP contribution in [0.25, 0.3) is 0 Å². The fourth-order valence-corrected chi connectivity index (χ4v) is 3.56. The van der Waals surface area contributed by atoms with Crippen molar-refractivity contribution in [3.05, 3.63) is 51.2 Å². The zero-order chi connectivity index (χ0) is 14.7. The zero-order valence-electron chi connectivity index (χ0n) is 11.5. The van der Waals surface area contributed by atoms with Crippen LogP contribution >= 0.6 is 11.3 Å². The van der Waals surface area contributed by atoms with Gasteiger partial charge >= 0.3 is 0 Å². The molecule has 1 aliphatic rings. The first-order valence-electron chi connectivity index (χ1n) is 6.89. The number of nitrogens with one attached hydrogen (secondary N) is 1. The van der Waals surface area contributed by atoms with Gasteiger partial charge in [-0.3, -0.25) is 4.79 Å². The molecule has 1 amide bonds. The number of fused-ring (bicyclic) bond motifs is 1. The predicted octanol–water partition coefficient (Wildman–Crippen LogP) is 2.83. The molecule has 0 saturated carbocycles. The van der Waals surface area contributed by atoms with Crippen LogP contribution in [0.5, 0.6) is 0 Å². The Labute approximate surface area is 127 Å². The van der Waals surface area contributed by atoms with Gasteiger partial charge in [-0.15, -0.1) is 11.3 Å². The maximum Gasteiger partial charge on any atom is 0.265 e. The zero-order valence-corrected chi connectivity index (χ0v) is 12.3. The SMILES string of the molecule is O=C(Nc1ccc(C#CCO)cc1)c1cc2c(s1)CCC2. The number of aryl methyl sites for hydroxylation is 2. The number of amides is 1. The van der Waals surface area contributed by atoms with E-state index in [9.17, 15) is 4.79 Å². The molecule has 3 nitrogen and oxygen atoms in total. The molecule has 0 spiro atoms. The van der Waals surface area contributed by atoms with Crippen LogP contribution in [0, 0.1) is 11.8 Å². The van der Waals surface area contributed by atoms with Gasteiger partial charge in [0.05, 0.1) is 4.88 Å². The number of carbonyl (C=O) groups excluding carboxylic acids is 1. The molecule has 21 heavy (non-hydrogen) atoms. The maximum atomic E-state index is 12.2. The summed E-state index contributed by atoms with van der Waals surface area (Å²) in [4.78, 5) is 14.4. The monoisotopic (exact) mass is 297 g/mol. The molecular weight excluding hydrogens is 282 g/mol. The van der Waals surface area contributed by atoms with Gasteiger partial charge in [0.25, 0.3) is 5.91 Å². The molecule has 106 valence electrons. The van der Waals surface area contributed by atoms with Crippen LogP contribution in [-0.2, 0) is 12.8 Å².